The number of ether oxygens (including phenoxy) is 1. The minimum Gasteiger partial charge on any atom is -0.451 e. The maximum absolute atomic E-state index is 13.6. The number of hydrogen-bond donors (Lipinski definition) is 0. The van der Waals surface area contributed by atoms with Crippen LogP contribution in [0, 0.1) is 12.7 Å². The summed E-state index contributed by atoms with van der Waals surface area (Å²) in [7, 11) is 0. The lowest BCUT2D eigenvalue weighted by molar-refractivity contribution is -0.140. The van der Waals surface area contributed by atoms with E-state index in [1.54, 1.807) is 12.1 Å². The van der Waals surface area contributed by atoms with E-state index in [0.29, 0.717) is 5.56 Å². The number of carbonyl (C=O) groups excluding carboxylic acids is 2. The molecule has 0 saturated heterocycles. The van der Waals surface area contributed by atoms with Gasteiger partial charge in [0.2, 0.25) is 5.78 Å². The molecule has 3 nitrogen and oxygen atoms in total. The molecule has 0 radical (unpaired) electrons. The summed E-state index contributed by atoms with van der Waals surface area (Å²) in [5, 5.41) is 0.183. The second kappa shape index (κ2) is 7.88. The number of esters is 1. The molecule has 0 unspecified atom stereocenters. The third kappa shape index (κ3) is 4.52. The smallest absolute Gasteiger partial charge is 0.331 e. The average Bonchev–Trinajstić information content (AvgIpc) is 2.54. The zero-order valence-corrected chi connectivity index (χ0v) is 14.0. The van der Waals surface area contributed by atoms with Gasteiger partial charge in [0.15, 0.2) is 6.10 Å². The number of benzene rings is 2. The van der Waals surface area contributed by atoms with E-state index < -0.39 is 17.9 Å². The van der Waals surface area contributed by atoms with Crippen LogP contribution >= 0.6 is 11.6 Å². The molecule has 2 aromatic carbocycles. The van der Waals surface area contributed by atoms with Crippen molar-refractivity contribution >= 4 is 29.4 Å². The van der Waals surface area contributed by atoms with Crippen molar-refractivity contribution in [2.75, 3.05) is 0 Å². The van der Waals surface area contributed by atoms with E-state index >= 15 is 0 Å². The van der Waals surface area contributed by atoms with E-state index in [0.717, 1.165) is 11.6 Å². The molecule has 0 saturated carbocycles. The number of Topliss-reactive ketones (excluding diaryl/α,β-unsaturated/α-hetero) is 1. The highest BCUT2D eigenvalue weighted by Gasteiger charge is 2.18. The van der Waals surface area contributed by atoms with Crippen molar-refractivity contribution in [3.63, 3.8) is 0 Å². The van der Waals surface area contributed by atoms with Gasteiger partial charge in [-0.05, 0) is 32.1 Å². The minimum absolute atomic E-state index is 0.0913. The highest BCUT2D eigenvalue weighted by atomic mass is 35.5. The zero-order chi connectivity index (χ0) is 17.7. The average molecular weight is 347 g/mol. The first kappa shape index (κ1) is 17.9. The van der Waals surface area contributed by atoms with Crippen LogP contribution in [0.4, 0.5) is 4.39 Å². The lowest BCUT2D eigenvalue weighted by atomic mass is 10.1. The second-order valence-electron chi connectivity index (χ2n) is 5.28. The molecule has 0 bridgehead atoms. The fourth-order valence-electron chi connectivity index (χ4n) is 2.04. The molecule has 0 aliphatic carbocycles. The van der Waals surface area contributed by atoms with Gasteiger partial charge in [-0.2, -0.15) is 0 Å². The lowest BCUT2D eigenvalue weighted by Crippen LogP contribution is -2.23. The summed E-state index contributed by atoms with van der Waals surface area (Å²) in [5.41, 5.74) is 1.58. The first-order valence-electron chi connectivity index (χ1n) is 7.32. The summed E-state index contributed by atoms with van der Waals surface area (Å²) in [6.07, 6.45) is 1.33. The Morgan fingerprint density at radius 2 is 1.83 bits per heavy atom. The van der Waals surface area contributed by atoms with Gasteiger partial charge >= 0.3 is 5.97 Å². The van der Waals surface area contributed by atoms with Crippen LogP contribution in [0.1, 0.15) is 28.4 Å². The van der Waals surface area contributed by atoms with E-state index in [4.69, 9.17) is 16.3 Å². The highest BCUT2D eigenvalue weighted by Crippen LogP contribution is 2.20. The molecule has 0 fully saturated rings. The second-order valence-corrected chi connectivity index (χ2v) is 5.69. The van der Waals surface area contributed by atoms with Crippen LogP contribution in [0.5, 0.6) is 0 Å². The summed E-state index contributed by atoms with van der Waals surface area (Å²) in [6.45, 7) is 3.40. The third-order valence-electron chi connectivity index (χ3n) is 3.38. The van der Waals surface area contributed by atoms with Crippen LogP contribution < -0.4 is 0 Å². The fraction of sp³-hybridized carbons (Fsp3) is 0.158. The largest absolute Gasteiger partial charge is 0.451 e. The molecule has 2 aromatic rings. The van der Waals surface area contributed by atoms with Gasteiger partial charge in [-0.3, -0.25) is 4.79 Å². The molecule has 0 aromatic heterocycles. The molecule has 2 rings (SSSR count). The molecule has 0 spiro atoms. The molecule has 5 heteroatoms. The molecule has 124 valence electrons. The molecule has 0 aliphatic heterocycles. The maximum Gasteiger partial charge on any atom is 0.331 e. The number of carbonyl (C=O) groups is 2. The van der Waals surface area contributed by atoms with Crippen molar-refractivity contribution < 1.29 is 18.7 Å². The standard InChI is InChI=1S/C19H16ClFO3/c1-12-6-8-14(9-7-12)19(23)13(2)24-18(22)11-10-15-16(20)4-3-5-17(15)21/h3-11,13H,1-2H3/b11-10+/t13-/m1/s1. The quantitative estimate of drug-likeness (QED) is 0.451. The van der Waals surface area contributed by atoms with Crippen molar-refractivity contribution in [2.45, 2.75) is 20.0 Å². The molecular formula is C19H16ClFO3. The number of hydrogen-bond acceptors (Lipinski definition) is 3. The Bertz CT molecular complexity index is 761. The van der Waals surface area contributed by atoms with E-state index in [2.05, 4.69) is 0 Å². The van der Waals surface area contributed by atoms with Crippen molar-refractivity contribution in [1.29, 1.82) is 0 Å². The van der Waals surface area contributed by atoms with Gasteiger partial charge in [0.1, 0.15) is 5.82 Å². The Kier molecular flexibility index (Phi) is 5.88. The Morgan fingerprint density at radius 1 is 1.17 bits per heavy atom. The Morgan fingerprint density at radius 3 is 2.46 bits per heavy atom. The van der Waals surface area contributed by atoms with E-state index in [-0.39, 0.29) is 16.4 Å². The van der Waals surface area contributed by atoms with Crippen molar-refractivity contribution in [2.24, 2.45) is 0 Å². The third-order valence-corrected chi connectivity index (χ3v) is 3.71. The SMILES string of the molecule is Cc1ccc(C(=O)[C@@H](C)OC(=O)/C=C/c2c(F)cccc2Cl)cc1. The zero-order valence-electron chi connectivity index (χ0n) is 13.3. The normalized spacial score (nSPS) is 12.2. The Labute approximate surface area is 144 Å². The van der Waals surface area contributed by atoms with Crippen LogP contribution in [-0.4, -0.2) is 17.9 Å². The number of ketones is 1. The van der Waals surface area contributed by atoms with Crippen molar-refractivity contribution in [3.05, 3.63) is 76.1 Å². The Balaban J connectivity index is 2.02. The summed E-state index contributed by atoms with van der Waals surface area (Å²) in [6, 6.07) is 11.2. The minimum atomic E-state index is -0.944. The molecular weight excluding hydrogens is 331 g/mol. The monoisotopic (exact) mass is 346 g/mol. The molecule has 0 heterocycles. The predicted molar refractivity (Wildman–Crippen MR) is 91.5 cm³/mol. The summed E-state index contributed by atoms with van der Waals surface area (Å²) < 4.78 is 18.7. The fourth-order valence-corrected chi connectivity index (χ4v) is 2.27. The van der Waals surface area contributed by atoms with Crippen LogP contribution in [-0.2, 0) is 9.53 Å². The first-order chi connectivity index (χ1) is 11.4. The first-order valence-corrected chi connectivity index (χ1v) is 7.70. The molecule has 0 N–H and O–H groups in total. The van der Waals surface area contributed by atoms with Gasteiger partial charge in [0.05, 0.1) is 5.02 Å². The highest BCUT2D eigenvalue weighted by molar-refractivity contribution is 6.32. The predicted octanol–water partition coefficient (Wildman–Crippen LogP) is 4.62. The van der Waals surface area contributed by atoms with Crippen LogP contribution in [0.15, 0.2) is 48.5 Å². The van der Waals surface area contributed by atoms with Crippen LogP contribution in [0.3, 0.4) is 0 Å². The van der Waals surface area contributed by atoms with Gasteiger partial charge in [0.25, 0.3) is 0 Å². The Hall–Kier alpha value is -2.46. The van der Waals surface area contributed by atoms with Gasteiger partial charge in [-0.25, -0.2) is 9.18 Å². The topological polar surface area (TPSA) is 43.4 Å². The summed E-state index contributed by atoms with van der Waals surface area (Å²) in [4.78, 5) is 24.0. The van der Waals surface area contributed by atoms with Gasteiger partial charge in [-0.15, -0.1) is 0 Å². The van der Waals surface area contributed by atoms with Gasteiger partial charge in [0, 0.05) is 17.2 Å². The van der Waals surface area contributed by atoms with Crippen LogP contribution in [0.2, 0.25) is 5.02 Å². The number of aryl methyl sites for hydroxylation is 1. The van der Waals surface area contributed by atoms with Crippen molar-refractivity contribution in [1.82, 2.24) is 0 Å². The molecule has 0 aliphatic rings. The van der Waals surface area contributed by atoms with Crippen LogP contribution in [0.25, 0.3) is 6.08 Å². The summed E-state index contributed by atoms with van der Waals surface area (Å²) in [5.74, 6) is -1.60. The van der Waals surface area contributed by atoms with E-state index in [1.807, 2.05) is 19.1 Å². The van der Waals surface area contributed by atoms with E-state index in [9.17, 15) is 14.0 Å². The van der Waals surface area contributed by atoms with Crippen molar-refractivity contribution in [3.8, 4) is 0 Å². The summed E-state index contributed by atoms with van der Waals surface area (Å²) >= 11 is 5.86. The van der Waals surface area contributed by atoms with Gasteiger partial charge < -0.3 is 4.74 Å². The maximum atomic E-state index is 13.6. The molecule has 0 amide bonds. The van der Waals surface area contributed by atoms with Gasteiger partial charge in [-0.1, -0.05) is 47.5 Å². The molecule has 1 atom stereocenters. The number of halogens is 2. The molecule has 24 heavy (non-hydrogen) atoms. The lowest BCUT2D eigenvalue weighted by Gasteiger charge is -2.11. The van der Waals surface area contributed by atoms with E-state index in [1.165, 1.54) is 31.2 Å². The number of rotatable bonds is 5.